The standard InChI is InChI=1S/C21H19F2NO4S/c1-13-18-10-16(23)5-6-19(18)28-20(13)21(25)24(17-7-8-29(26,27)12-17)11-14-3-2-4-15(22)9-14/h2-6,9-10,17H,7-8,11-12H2,1H3/t17-/m1/s1. The lowest BCUT2D eigenvalue weighted by Crippen LogP contribution is -2.40. The summed E-state index contributed by atoms with van der Waals surface area (Å²) in [6.45, 7) is 1.70. The Balaban J connectivity index is 1.74. The van der Waals surface area contributed by atoms with Gasteiger partial charge in [-0.05, 0) is 49.2 Å². The monoisotopic (exact) mass is 419 g/mol. The second-order valence-corrected chi connectivity index (χ2v) is 9.55. The molecule has 152 valence electrons. The summed E-state index contributed by atoms with van der Waals surface area (Å²) in [5.41, 5.74) is 1.40. The van der Waals surface area contributed by atoms with E-state index in [-0.39, 0.29) is 23.8 Å². The highest BCUT2D eigenvalue weighted by Crippen LogP contribution is 2.29. The predicted molar refractivity (Wildman–Crippen MR) is 104 cm³/mol. The van der Waals surface area contributed by atoms with E-state index in [0.29, 0.717) is 28.5 Å². The van der Waals surface area contributed by atoms with Gasteiger partial charge in [0.15, 0.2) is 15.6 Å². The maximum atomic E-state index is 13.6. The number of rotatable bonds is 4. The number of amides is 1. The highest BCUT2D eigenvalue weighted by molar-refractivity contribution is 7.91. The molecular weight excluding hydrogens is 400 g/mol. The molecule has 0 spiro atoms. The Labute approximate surface area is 166 Å². The van der Waals surface area contributed by atoms with Crippen molar-refractivity contribution >= 4 is 26.7 Å². The Bertz CT molecular complexity index is 1200. The Morgan fingerprint density at radius 1 is 1.17 bits per heavy atom. The third-order valence-electron chi connectivity index (χ3n) is 5.24. The molecule has 2 heterocycles. The molecule has 1 saturated heterocycles. The van der Waals surface area contributed by atoms with Crippen molar-refractivity contribution in [1.29, 1.82) is 0 Å². The van der Waals surface area contributed by atoms with Crippen molar-refractivity contribution in [1.82, 2.24) is 4.90 Å². The summed E-state index contributed by atoms with van der Waals surface area (Å²) in [5, 5.41) is 0.484. The van der Waals surface area contributed by atoms with E-state index in [0.717, 1.165) is 0 Å². The summed E-state index contributed by atoms with van der Waals surface area (Å²) in [4.78, 5) is 14.8. The van der Waals surface area contributed by atoms with Crippen LogP contribution < -0.4 is 0 Å². The first-order chi connectivity index (χ1) is 13.7. The first kappa shape index (κ1) is 19.6. The van der Waals surface area contributed by atoms with Gasteiger partial charge in [-0.3, -0.25) is 4.79 Å². The molecule has 0 aliphatic carbocycles. The Hall–Kier alpha value is -2.74. The van der Waals surface area contributed by atoms with Crippen molar-refractivity contribution < 1.29 is 26.4 Å². The molecule has 0 radical (unpaired) electrons. The molecule has 1 aliphatic heterocycles. The van der Waals surface area contributed by atoms with Gasteiger partial charge in [0.05, 0.1) is 11.5 Å². The lowest BCUT2D eigenvalue weighted by atomic mass is 10.1. The van der Waals surface area contributed by atoms with Crippen molar-refractivity contribution in [2.75, 3.05) is 11.5 Å². The second kappa shape index (κ2) is 7.26. The van der Waals surface area contributed by atoms with Gasteiger partial charge in [0.1, 0.15) is 17.2 Å². The van der Waals surface area contributed by atoms with Crippen molar-refractivity contribution in [2.45, 2.75) is 25.9 Å². The van der Waals surface area contributed by atoms with E-state index in [4.69, 9.17) is 4.42 Å². The number of benzene rings is 2. The van der Waals surface area contributed by atoms with Crippen molar-refractivity contribution in [3.8, 4) is 0 Å². The van der Waals surface area contributed by atoms with Gasteiger partial charge in [-0.25, -0.2) is 17.2 Å². The molecule has 4 rings (SSSR count). The Morgan fingerprint density at radius 2 is 1.93 bits per heavy atom. The van der Waals surface area contributed by atoms with E-state index >= 15 is 0 Å². The minimum absolute atomic E-state index is 0.00504. The van der Waals surface area contributed by atoms with Gasteiger partial charge in [-0.15, -0.1) is 0 Å². The Morgan fingerprint density at radius 3 is 2.62 bits per heavy atom. The fourth-order valence-corrected chi connectivity index (χ4v) is 5.48. The van der Waals surface area contributed by atoms with Crippen LogP contribution in [0.15, 0.2) is 46.9 Å². The number of hydrogen-bond acceptors (Lipinski definition) is 4. The van der Waals surface area contributed by atoms with E-state index in [1.54, 1.807) is 13.0 Å². The van der Waals surface area contributed by atoms with E-state index < -0.39 is 33.4 Å². The van der Waals surface area contributed by atoms with Crippen LogP contribution in [-0.2, 0) is 16.4 Å². The van der Waals surface area contributed by atoms with E-state index in [2.05, 4.69) is 0 Å². The van der Waals surface area contributed by atoms with Crippen LogP contribution in [-0.4, -0.2) is 36.8 Å². The van der Waals surface area contributed by atoms with Crippen molar-refractivity contribution in [3.05, 3.63) is 71.0 Å². The van der Waals surface area contributed by atoms with E-state index in [1.165, 1.54) is 41.3 Å². The van der Waals surface area contributed by atoms with Crippen LogP contribution in [0, 0.1) is 18.6 Å². The summed E-state index contributed by atoms with van der Waals surface area (Å²) >= 11 is 0. The van der Waals surface area contributed by atoms with Gasteiger partial charge in [-0.1, -0.05) is 12.1 Å². The molecule has 1 aliphatic rings. The molecule has 2 aromatic carbocycles. The number of furan rings is 1. The molecule has 0 saturated carbocycles. The zero-order valence-electron chi connectivity index (χ0n) is 15.7. The molecule has 1 aromatic heterocycles. The first-order valence-corrected chi connectivity index (χ1v) is 11.0. The number of hydrogen-bond donors (Lipinski definition) is 0. The third kappa shape index (κ3) is 3.89. The second-order valence-electron chi connectivity index (χ2n) is 7.32. The lowest BCUT2D eigenvalue weighted by Gasteiger charge is -2.28. The number of sulfone groups is 1. The zero-order valence-corrected chi connectivity index (χ0v) is 16.5. The van der Waals surface area contributed by atoms with Gasteiger partial charge in [0, 0.05) is 23.5 Å². The van der Waals surface area contributed by atoms with Crippen molar-refractivity contribution in [3.63, 3.8) is 0 Å². The van der Waals surface area contributed by atoms with Gasteiger partial charge < -0.3 is 9.32 Å². The molecule has 0 unspecified atom stereocenters. The molecule has 3 aromatic rings. The minimum atomic E-state index is -3.25. The van der Waals surface area contributed by atoms with Crippen molar-refractivity contribution in [2.24, 2.45) is 0 Å². The Kier molecular flexibility index (Phi) is 4.90. The van der Waals surface area contributed by atoms with Gasteiger partial charge in [0.2, 0.25) is 0 Å². The van der Waals surface area contributed by atoms with Crippen LogP contribution in [0.3, 0.4) is 0 Å². The number of nitrogens with zero attached hydrogens (tertiary/aromatic N) is 1. The fourth-order valence-electron chi connectivity index (χ4n) is 3.75. The van der Waals surface area contributed by atoms with Crippen LogP contribution in [0.5, 0.6) is 0 Å². The number of fused-ring (bicyclic) bond motifs is 1. The molecule has 29 heavy (non-hydrogen) atoms. The van der Waals surface area contributed by atoms with Crippen LogP contribution >= 0.6 is 0 Å². The van der Waals surface area contributed by atoms with Crippen LogP contribution in [0.2, 0.25) is 0 Å². The number of carbonyl (C=O) groups is 1. The predicted octanol–water partition coefficient (Wildman–Crippen LogP) is 3.85. The maximum Gasteiger partial charge on any atom is 0.290 e. The van der Waals surface area contributed by atoms with Gasteiger partial charge in [-0.2, -0.15) is 0 Å². The molecule has 1 atom stereocenters. The fraction of sp³-hybridized carbons (Fsp3) is 0.286. The largest absolute Gasteiger partial charge is 0.451 e. The highest BCUT2D eigenvalue weighted by atomic mass is 32.2. The average Bonchev–Trinajstić information content (AvgIpc) is 3.19. The summed E-state index contributed by atoms with van der Waals surface area (Å²) in [7, 11) is -3.25. The topological polar surface area (TPSA) is 67.6 Å². The number of aryl methyl sites for hydroxylation is 1. The van der Waals surface area contributed by atoms with Gasteiger partial charge in [0.25, 0.3) is 5.91 Å². The first-order valence-electron chi connectivity index (χ1n) is 9.18. The molecule has 8 heteroatoms. The van der Waals surface area contributed by atoms with E-state index in [9.17, 15) is 22.0 Å². The molecule has 1 amide bonds. The van der Waals surface area contributed by atoms with Gasteiger partial charge >= 0.3 is 0 Å². The van der Waals surface area contributed by atoms with Crippen LogP contribution in [0.1, 0.15) is 28.1 Å². The molecular formula is C21H19F2NO4S. The molecule has 0 bridgehead atoms. The molecule has 0 N–H and O–H groups in total. The molecule has 5 nitrogen and oxygen atoms in total. The van der Waals surface area contributed by atoms with E-state index in [1.807, 2.05) is 0 Å². The summed E-state index contributed by atoms with van der Waals surface area (Å²) < 4.78 is 56.9. The third-order valence-corrected chi connectivity index (χ3v) is 6.99. The SMILES string of the molecule is Cc1c(C(=O)N(Cc2cccc(F)c2)[C@@H]2CCS(=O)(=O)C2)oc2ccc(F)cc12. The molecule has 1 fully saturated rings. The lowest BCUT2D eigenvalue weighted by molar-refractivity contribution is 0.0649. The number of carbonyl (C=O) groups excluding carboxylic acids is 1. The van der Waals surface area contributed by atoms with Crippen LogP contribution in [0.4, 0.5) is 8.78 Å². The number of halogens is 2. The summed E-state index contributed by atoms with van der Waals surface area (Å²) in [6.07, 6.45) is 0.303. The average molecular weight is 419 g/mol. The highest BCUT2D eigenvalue weighted by Gasteiger charge is 2.36. The maximum absolute atomic E-state index is 13.6. The minimum Gasteiger partial charge on any atom is -0.451 e. The van der Waals surface area contributed by atoms with Crippen LogP contribution in [0.25, 0.3) is 11.0 Å². The summed E-state index contributed by atoms with van der Waals surface area (Å²) in [6, 6.07) is 9.26. The summed E-state index contributed by atoms with van der Waals surface area (Å²) in [5.74, 6) is -1.50. The normalized spacial score (nSPS) is 18.2. The smallest absolute Gasteiger partial charge is 0.290 e. The zero-order chi connectivity index (χ0) is 20.8. The quantitative estimate of drug-likeness (QED) is 0.644.